The average Bonchev–Trinajstić information content (AvgIpc) is 2.73. The van der Waals surface area contributed by atoms with E-state index in [0.29, 0.717) is 25.1 Å². The Morgan fingerprint density at radius 3 is 2.12 bits per heavy atom. The average molecular weight is 345 g/mol. The monoisotopic (exact) mass is 345 g/mol. The second-order valence-electron chi connectivity index (χ2n) is 8.18. The molecule has 0 saturated carbocycles. The molecule has 0 radical (unpaired) electrons. The van der Waals surface area contributed by atoms with Crippen LogP contribution in [0.3, 0.4) is 0 Å². The van der Waals surface area contributed by atoms with Gasteiger partial charge in [0.1, 0.15) is 5.54 Å². The molecule has 1 aromatic carbocycles. The predicted octanol–water partition coefficient (Wildman–Crippen LogP) is 3.09. The molecule has 1 N–H and O–H groups in total. The number of hydrogen-bond acceptors (Lipinski definition) is 4. The van der Waals surface area contributed by atoms with E-state index in [0.717, 1.165) is 0 Å². The molecule has 0 aromatic heterocycles. The fourth-order valence-electron chi connectivity index (χ4n) is 4.65. The third kappa shape index (κ3) is 2.83. The van der Waals surface area contributed by atoms with E-state index in [1.165, 1.54) is 4.90 Å². The third-order valence-corrected chi connectivity index (χ3v) is 5.00. The summed E-state index contributed by atoms with van der Waals surface area (Å²) >= 11 is 0. The largest absolute Gasteiger partial charge is 0.329 e. The standard InChI is InChI=1S/C19H27N3O3/c1-6-25-22-17(2,3)12-19(13-18(22,4)5)15(23)21(16(24)20-19)14-10-8-7-9-11-14/h7-11H,6,12-13H2,1-5H3,(H,20,24). The summed E-state index contributed by atoms with van der Waals surface area (Å²) in [4.78, 5) is 33.1. The molecule has 1 spiro atoms. The van der Waals surface area contributed by atoms with Crippen molar-refractivity contribution in [1.82, 2.24) is 10.4 Å². The number of benzene rings is 1. The molecule has 3 amide bonds. The maximum Gasteiger partial charge on any atom is 0.329 e. The first-order valence-corrected chi connectivity index (χ1v) is 8.78. The van der Waals surface area contributed by atoms with E-state index in [4.69, 9.17) is 4.84 Å². The van der Waals surface area contributed by atoms with Gasteiger partial charge in [-0.1, -0.05) is 18.2 Å². The van der Waals surface area contributed by atoms with Crippen LogP contribution in [0.2, 0.25) is 0 Å². The SMILES string of the molecule is CCON1C(C)(C)CC2(CC1(C)C)NC(=O)N(c1ccccc1)C2=O. The fourth-order valence-corrected chi connectivity index (χ4v) is 4.65. The van der Waals surface area contributed by atoms with E-state index in [1.54, 1.807) is 12.1 Å². The van der Waals surface area contributed by atoms with Crippen molar-refractivity contribution in [2.45, 2.75) is 64.1 Å². The van der Waals surface area contributed by atoms with Gasteiger partial charge in [0, 0.05) is 11.1 Å². The lowest BCUT2D eigenvalue weighted by Crippen LogP contribution is -2.69. The molecule has 6 heteroatoms. The Balaban J connectivity index is 1.98. The highest BCUT2D eigenvalue weighted by Crippen LogP contribution is 2.46. The molecule has 25 heavy (non-hydrogen) atoms. The number of amides is 3. The minimum absolute atomic E-state index is 0.180. The minimum atomic E-state index is -0.909. The van der Waals surface area contributed by atoms with Crippen LogP contribution in [-0.2, 0) is 9.63 Å². The number of hydrogen-bond donors (Lipinski definition) is 1. The number of nitrogens with zero attached hydrogens (tertiary/aromatic N) is 2. The first-order chi connectivity index (χ1) is 11.6. The van der Waals surface area contributed by atoms with Crippen molar-refractivity contribution in [3.05, 3.63) is 30.3 Å². The number of rotatable bonds is 3. The number of para-hydroxylation sites is 1. The molecule has 3 rings (SSSR count). The lowest BCUT2D eigenvalue weighted by molar-refractivity contribution is -0.286. The zero-order valence-corrected chi connectivity index (χ0v) is 15.6. The van der Waals surface area contributed by atoms with Crippen LogP contribution in [-0.4, -0.2) is 40.2 Å². The zero-order valence-electron chi connectivity index (χ0n) is 15.6. The van der Waals surface area contributed by atoms with Crippen LogP contribution in [0, 0.1) is 0 Å². The summed E-state index contributed by atoms with van der Waals surface area (Å²) in [7, 11) is 0. The molecule has 136 valence electrons. The normalized spacial score (nSPS) is 24.6. The van der Waals surface area contributed by atoms with Gasteiger partial charge in [0.2, 0.25) is 0 Å². The van der Waals surface area contributed by atoms with Gasteiger partial charge in [-0.25, -0.2) is 9.69 Å². The molecule has 2 heterocycles. The van der Waals surface area contributed by atoms with E-state index in [2.05, 4.69) is 33.0 Å². The fraction of sp³-hybridized carbons (Fsp3) is 0.579. The number of carbonyl (C=O) groups excluding carboxylic acids is 2. The molecule has 0 unspecified atom stereocenters. The number of urea groups is 1. The Morgan fingerprint density at radius 2 is 1.60 bits per heavy atom. The predicted molar refractivity (Wildman–Crippen MR) is 96.0 cm³/mol. The van der Waals surface area contributed by atoms with E-state index < -0.39 is 16.6 Å². The molecule has 2 fully saturated rings. The Labute approximate surface area is 149 Å². The van der Waals surface area contributed by atoms with Crippen molar-refractivity contribution >= 4 is 17.6 Å². The smallest absolute Gasteiger partial charge is 0.323 e. The first kappa shape index (κ1) is 17.9. The molecule has 6 nitrogen and oxygen atoms in total. The number of imide groups is 1. The lowest BCUT2D eigenvalue weighted by atomic mass is 9.70. The number of piperidine rings is 1. The Morgan fingerprint density at radius 1 is 1.04 bits per heavy atom. The summed E-state index contributed by atoms with van der Waals surface area (Å²) in [5.41, 5.74) is -1.10. The topological polar surface area (TPSA) is 61.9 Å². The van der Waals surface area contributed by atoms with Crippen LogP contribution >= 0.6 is 0 Å². The Bertz CT molecular complexity index is 666. The van der Waals surface area contributed by atoms with Crippen LogP contribution in [0.15, 0.2) is 30.3 Å². The van der Waals surface area contributed by atoms with Crippen molar-refractivity contribution < 1.29 is 14.4 Å². The summed E-state index contributed by atoms with van der Waals surface area (Å²) in [5, 5.41) is 4.98. The molecule has 0 aliphatic carbocycles. The van der Waals surface area contributed by atoms with Gasteiger partial charge < -0.3 is 5.32 Å². The summed E-state index contributed by atoms with van der Waals surface area (Å²) < 4.78 is 0. The highest BCUT2D eigenvalue weighted by atomic mass is 16.7. The summed E-state index contributed by atoms with van der Waals surface area (Å²) in [6.07, 6.45) is 0.995. The molecular weight excluding hydrogens is 318 g/mol. The van der Waals surface area contributed by atoms with Crippen molar-refractivity contribution in [3.8, 4) is 0 Å². The van der Waals surface area contributed by atoms with Crippen LogP contribution in [0.5, 0.6) is 0 Å². The lowest BCUT2D eigenvalue weighted by Gasteiger charge is -2.56. The number of carbonyl (C=O) groups is 2. The molecule has 2 saturated heterocycles. The summed E-state index contributed by atoms with van der Waals surface area (Å²) in [5.74, 6) is -0.180. The zero-order chi connectivity index (χ0) is 18.5. The number of hydroxylamine groups is 2. The highest BCUT2D eigenvalue weighted by Gasteiger charge is 2.62. The minimum Gasteiger partial charge on any atom is -0.323 e. The number of nitrogens with one attached hydrogen (secondary N) is 1. The van der Waals surface area contributed by atoms with Gasteiger partial charge in [0.25, 0.3) is 5.91 Å². The van der Waals surface area contributed by atoms with Crippen molar-refractivity contribution in [1.29, 1.82) is 0 Å². The highest BCUT2D eigenvalue weighted by molar-refractivity contribution is 6.23. The van der Waals surface area contributed by atoms with Crippen molar-refractivity contribution in [2.75, 3.05) is 11.5 Å². The van der Waals surface area contributed by atoms with Gasteiger partial charge >= 0.3 is 6.03 Å². The third-order valence-electron chi connectivity index (χ3n) is 5.00. The van der Waals surface area contributed by atoms with Gasteiger partial charge in [-0.3, -0.25) is 9.63 Å². The van der Waals surface area contributed by atoms with Crippen molar-refractivity contribution in [2.24, 2.45) is 0 Å². The second kappa shape index (κ2) is 5.81. The molecule has 2 aliphatic heterocycles. The van der Waals surface area contributed by atoms with Crippen LogP contribution < -0.4 is 10.2 Å². The van der Waals surface area contributed by atoms with E-state index in [1.807, 2.05) is 30.2 Å². The van der Waals surface area contributed by atoms with Gasteiger partial charge in [-0.05, 0) is 59.6 Å². The quantitative estimate of drug-likeness (QED) is 0.855. The van der Waals surface area contributed by atoms with Gasteiger partial charge in [-0.15, -0.1) is 0 Å². The Kier molecular flexibility index (Phi) is 4.16. The maximum absolute atomic E-state index is 13.3. The molecule has 0 atom stereocenters. The van der Waals surface area contributed by atoms with Crippen LogP contribution in [0.4, 0.5) is 10.5 Å². The van der Waals surface area contributed by atoms with E-state index in [-0.39, 0.29) is 11.9 Å². The van der Waals surface area contributed by atoms with Gasteiger partial charge in [-0.2, -0.15) is 5.06 Å². The van der Waals surface area contributed by atoms with Gasteiger partial charge in [0.05, 0.1) is 12.3 Å². The van der Waals surface area contributed by atoms with E-state index >= 15 is 0 Å². The summed E-state index contributed by atoms with van der Waals surface area (Å²) in [6.45, 7) is 10.7. The van der Waals surface area contributed by atoms with Crippen molar-refractivity contribution in [3.63, 3.8) is 0 Å². The molecule has 2 aliphatic rings. The van der Waals surface area contributed by atoms with Crippen LogP contribution in [0.1, 0.15) is 47.5 Å². The van der Waals surface area contributed by atoms with Crippen LogP contribution in [0.25, 0.3) is 0 Å². The second-order valence-corrected chi connectivity index (χ2v) is 8.18. The number of anilines is 1. The maximum atomic E-state index is 13.3. The first-order valence-electron chi connectivity index (χ1n) is 8.78. The molecule has 1 aromatic rings. The molecule has 0 bridgehead atoms. The summed E-state index contributed by atoms with van der Waals surface area (Å²) in [6, 6.07) is 8.72. The Hall–Kier alpha value is -1.92. The van der Waals surface area contributed by atoms with Gasteiger partial charge in [0.15, 0.2) is 0 Å². The molecular formula is C19H27N3O3. The van der Waals surface area contributed by atoms with E-state index in [9.17, 15) is 9.59 Å².